The van der Waals surface area contributed by atoms with Gasteiger partial charge < -0.3 is 5.32 Å². The van der Waals surface area contributed by atoms with Crippen LogP contribution in [0.15, 0.2) is 18.2 Å². The van der Waals surface area contributed by atoms with Crippen LogP contribution in [0, 0.1) is 0 Å². The normalized spacial score (nSPS) is 14.4. The van der Waals surface area contributed by atoms with E-state index in [1.54, 1.807) is 11.1 Å². The zero-order chi connectivity index (χ0) is 9.80. The molecule has 0 spiro atoms. The van der Waals surface area contributed by atoms with Gasteiger partial charge in [0.1, 0.15) is 0 Å². The number of nitrogens with one attached hydrogen (secondary N) is 1. The van der Waals surface area contributed by atoms with E-state index in [0.717, 1.165) is 18.4 Å². The van der Waals surface area contributed by atoms with Gasteiger partial charge in [-0.05, 0) is 36.0 Å². The third-order valence-corrected chi connectivity index (χ3v) is 3.16. The summed E-state index contributed by atoms with van der Waals surface area (Å²) in [6.07, 6.45) is 3.90. The van der Waals surface area contributed by atoms with Crippen LogP contribution in [-0.4, -0.2) is 11.9 Å². The van der Waals surface area contributed by atoms with Gasteiger partial charge in [0, 0.05) is 18.4 Å². The highest BCUT2D eigenvalue weighted by Gasteiger charge is 2.10. The summed E-state index contributed by atoms with van der Waals surface area (Å²) < 4.78 is 0. The highest BCUT2D eigenvalue weighted by Crippen LogP contribution is 2.22. The molecule has 0 amide bonds. The molecule has 14 heavy (non-hydrogen) atoms. The van der Waals surface area contributed by atoms with E-state index < -0.39 is 0 Å². The molecule has 0 saturated heterocycles. The fourth-order valence-corrected chi connectivity index (χ4v) is 2.32. The quantitative estimate of drug-likeness (QED) is 0.643. The molecule has 0 bridgehead atoms. The molecule has 0 fully saturated rings. The molecule has 1 nitrogen and oxygen atoms in total. The number of benzene rings is 1. The second kappa shape index (κ2) is 4.94. The van der Waals surface area contributed by atoms with Crippen molar-refractivity contribution in [1.29, 1.82) is 0 Å². The average Bonchev–Trinajstić information content (AvgIpc) is 2.65. The third kappa shape index (κ3) is 2.37. The zero-order valence-electron chi connectivity index (χ0n) is 8.35. The van der Waals surface area contributed by atoms with E-state index in [0.29, 0.717) is 0 Å². The molecule has 0 atom stereocenters. The van der Waals surface area contributed by atoms with Crippen LogP contribution in [0.3, 0.4) is 0 Å². The van der Waals surface area contributed by atoms with Crippen molar-refractivity contribution in [2.75, 3.05) is 11.9 Å². The van der Waals surface area contributed by atoms with Crippen molar-refractivity contribution in [3.63, 3.8) is 0 Å². The highest BCUT2D eigenvalue weighted by atomic mass is 79.9. The average molecular weight is 254 g/mol. The van der Waals surface area contributed by atoms with E-state index in [1.165, 1.54) is 24.8 Å². The standard InChI is InChI=1S/C12H16BrN/c13-6-7-14-9-10-4-5-11-2-1-3-12(11)8-10/h4-5,8,14H,1-3,6-7,9H2. The van der Waals surface area contributed by atoms with Crippen molar-refractivity contribution < 1.29 is 0 Å². The van der Waals surface area contributed by atoms with Gasteiger partial charge in [0.2, 0.25) is 0 Å². The van der Waals surface area contributed by atoms with Crippen LogP contribution in [0.5, 0.6) is 0 Å². The summed E-state index contributed by atoms with van der Waals surface area (Å²) in [6, 6.07) is 6.92. The molecule has 2 heteroatoms. The Morgan fingerprint density at radius 3 is 2.93 bits per heavy atom. The van der Waals surface area contributed by atoms with Gasteiger partial charge in [-0.3, -0.25) is 0 Å². The van der Waals surface area contributed by atoms with E-state index in [4.69, 9.17) is 0 Å². The molecule has 0 saturated carbocycles. The number of hydrogen-bond donors (Lipinski definition) is 1. The second-order valence-electron chi connectivity index (χ2n) is 3.82. The minimum Gasteiger partial charge on any atom is -0.312 e. The van der Waals surface area contributed by atoms with Crippen molar-refractivity contribution in [2.24, 2.45) is 0 Å². The summed E-state index contributed by atoms with van der Waals surface area (Å²) in [7, 11) is 0. The minimum absolute atomic E-state index is 0.999. The zero-order valence-corrected chi connectivity index (χ0v) is 9.94. The van der Waals surface area contributed by atoms with Gasteiger partial charge in [0.25, 0.3) is 0 Å². The van der Waals surface area contributed by atoms with Crippen molar-refractivity contribution in [3.8, 4) is 0 Å². The Kier molecular flexibility index (Phi) is 3.60. The molecule has 1 aliphatic carbocycles. The lowest BCUT2D eigenvalue weighted by Crippen LogP contribution is -2.15. The first-order valence-corrected chi connectivity index (χ1v) is 6.39. The van der Waals surface area contributed by atoms with E-state index in [9.17, 15) is 0 Å². The topological polar surface area (TPSA) is 12.0 Å². The van der Waals surface area contributed by atoms with Crippen molar-refractivity contribution in [2.45, 2.75) is 25.8 Å². The maximum atomic E-state index is 3.41. The number of halogens is 1. The van der Waals surface area contributed by atoms with E-state index in [2.05, 4.69) is 39.4 Å². The van der Waals surface area contributed by atoms with Gasteiger partial charge in [0.05, 0.1) is 0 Å². The largest absolute Gasteiger partial charge is 0.312 e. The lowest BCUT2D eigenvalue weighted by molar-refractivity contribution is 0.733. The maximum absolute atomic E-state index is 3.41. The van der Waals surface area contributed by atoms with Crippen LogP contribution in [0.1, 0.15) is 23.1 Å². The summed E-state index contributed by atoms with van der Waals surface area (Å²) >= 11 is 3.41. The van der Waals surface area contributed by atoms with Crippen LogP contribution in [0.25, 0.3) is 0 Å². The van der Waals surface area contributed by atoms with E-state index in [-0.39, 0.29) is 0 Å². The summed E-state index contributed by atoms with van der Waals surface area (Å²) in [4.78, 5) is 0. The van der Waals surface area contributed by atoms with Gasteiger partial charge in [0.15, 0.2) is 0 Å². The fraction of sp³-hybridized carbons (Fsp3) is 0.500. The Labute approximate surface area is 94.0 Å². The lowest BCUT2D eigenvalue weighted by Gasteiger charge is -2.05. The first-order valence-electron chi connectivity index (χ1n) is 5.27. The monoisotopic (exact) mass is 253 g/mol. The smallest absolute Gasteiger partial charge is 0.0205 e. The highest BCUT2D eigenvalue weighted by molar-refractivity contribution is 9.09. The molecule has 0 unspecified atom stereocenters. The van der Waals surface area contributed by atoms with Crippen LogP contribution >= 0.6 is 15.9 Å². The molecule has 0 aliphatic heterocycles. The van der Waals surface area contributed by atoms with Crippen molar-refractivity contribution in [1.82, 2.24) is 5.32 Å². The number of fused-ring (bicyclic) bond motifs is 1. The van der Waals surface area contributed by atoms with Crippen LogP contribution in [0.2, 0.25) is 0 Å². The minimum atomic E-state index is 0.999. The van der Waals surface area contributed by atoms with Crippen molar-refractivity contribution >= 4 is 15.9 Å². The maximum Gasteiger partial charge on any atom is 0.0205 e. The molecule has 0 radical (unpaired) electrons. The number of aryl methyl sites for hydroxylation is 2. The molecule has 1 aliphatic rings. The van der Waals surface area contributed by atoms with Gasteiger partial charge in [-0.15, -0.1) is 0 Å². The van der Waals surface area contributed by atoms with Crippen LogP contribution in [0.4, 0.5) is 0 Å². The molecular weight excluding hydrogens is 238 g/mol. The third-order valence-electron chi connectivity index (χ3n) is 2.76. The SMILES string of the molecule is BrCCNCc1ccc2c(c1)CCC2. The molecular formula is C12H16BrN. The summed E-state index contributed by atoms with van der Waals surface area (Å²) in [6.45, 7) is 2.04. The Hall–Kier alpha value is -0.340. The van der Waals surface area contributed by atoms with Gasteiger partial charge in [-0.25, -0.2) is 0 Å². The van der Waals surface area contributed by atoms with Gasteiger partial charge >= 0.3 is 0 Å². The predicted molar refractivity (Wildman–Crippen MR) is 64.0 cm³/mol. The Bertz CT molecular complexity index is 309. The molecule has 2 rings (SSSR count). The van der Waals surface area contributed by atoms with Crippen LogP contribution < -0.4 is 5.32 Å². The summed E-state index contributed by atoms with van der Waals surface area (Å²) in [5, 5.41) is 4.42. The van der Waals surface area contributed by atoms with Crippen LogP contribution in [-0.2, 0) is 19.4 Å². The Morgan fingerprint density at radius 1 is 1.21 bits per heavy atom. The van der Waals surface area contributed by atoms with E-state index >= 15 is 0 Å². The molecule has 0 aromatic heterocycles. The van der Waals surface area contributed by atoms with Crippen molar-refractivity contribution in [3.05, 3.63) is 34.9 Å². The Balaban J connectivity index is 1.98. The first kappa shape index (κ1) is 10.2. The summed E-state index contributed by atoms with van der Waals surface area (Å²) in [5.41, 5.74) is 4.56. The van der Waals surface area contributed by atoms with Gasteiger partial charge in [-0.1, -0.05) is 34.1 Å². The molecule has 1 aromatic rings. The first-order chi connectivity index (χ1) is 6.90. The van der Waals surface area contributed by atoms with E-state index in [1.807, 2.05) is 0 Å². The number of alkyl halides is 1. The number of hydrogen-bond acceptors (Lipinski definition) is 1. The molecule has 76 valence electrons. The molecule has 1 N–H and O–H groups in total. The number of rotatable bonds is 4. The Morgan fingerprint density at radius 2 is 2.07 bits per heavy atom. The summed E-state index contributed by atoms with van der Waals surface area (Å²) in [5.74, 6) is 0. The van der Waals surface area contributed by atoms with Gasteiger partial charge in [-0.2, -0.15) is 0 Å². The fourth-order valence-electron chi connectivity index (χ4n) is 2.03. The lowest BCUT2D eigenvalue weighted by atomic mass is 10.1. The molecule has 1 aromatic carbocycles. The molecule has 0 heterocycles. The predicted octanol–water partition coefficient (Wildman–Crippen LogP) is 2.66. The second-order valence-corrected chi connectivity index (χ2v) is 4.62.